The molecule has 2 aromatic carbocycles. The summed E-state index contributed by atoms with van der Waals surface area (Å²) in [4.78, 5) is 3.52. The van der Waals surface area contributed by atoms with Gasteiger partial charge in [0.15, 0.2) is 0 Å². The molecule has 0 fully saturated rings. The third-order valence-electron chi connectivity index (χ3n) is 3.50. The second kappa shape index (κ2) is 4.05. The molecule has 18 heavy (non-hydrogen) atoms. The molecule has 3 aromatic rings. The zero-order valence-corrected chi connectivity index (χ0v) is 10.9. The SMILES string of the molecule is COc1ccc2c(c1)[nH]c1c(C(C)C)cccc12. The fourth-order valence-electron chi connectivity index (χ4n) is 2.54. The van der Waals surface area contributed by atoms with Gasteiger partial charge < -0.3 is 9.72 Å². The number of H-pyrrole nitrogens is 1. The number of hydrogen-bond donors (Lipinski definition) is 1. The molecule has 2 nitrogen and oxygen atoms in total. The van der Waals surface area contributed by atoms with Gasteiger partial charge in [0, 0.05) is 22.4 Å². The first-order chi connectivity index (χ1) is 8.70. The third-order valence-corrected chi connectivity index (χ3v) is 3.50. The quantitative estimate of drug-likeness (QED) is 0.702. The maximum atomic E-state index is 5.28. The Hall–Kier alpha value is -1.96. The standard InChI is InChI=1S/C16H17NO/c1-10(2)12-5-4-6-14-13-8-7-11(18-3)9-15(13)17-16(12)14/h4-10,17H,1-3H3. The molecule has 0 saturated heterocycles. The summed E-state index contributed by atoms with van der Waals surface area (Å²) in [6.07, 6.45) is 0. The van der Waals surface area contributed by atoms with Crippen molar-refractivity contribution in [3.05, 3.63) is 42.0 Å². The Morgan fingerprint density at radius 1 is 1.06 bits per heavy atom. The van der Waals surface area contributed by atoms with Crippen LogP contribution in [0.25, 0.3) is 21.8 Å². The van der Waals surface area contributed by atoms with Gasteiger partial charge in [0.25, 0.3) is 0 Å². The Balaban J connectivity index is 2.38. The number of para-hydroxylation sites is 1. The average molecular weight is 239 g/mol. The predicted octanol–water partition coefficient (Wildman–Crippen LogP) is 4.45. The molecule has 0 spiro atoms. The Morgan fingerprint density at radius 2 is 1.89 bits per heavy atom. The van der Waals surface area contributed by atoms with Gasteiger partial charge in [0.1, 0.15) is 5.75 Å². The van der Waals surface area contributed by atoms with Crippen LogP contribution in [0.2, 0.25) is 0 Å². The zero-order chi connectivity index (χ0) is 12.7. The van der Waals surface area contributed by atoms with E-state index in [-0.39, 0.29) is 0 Å². The van der Waals surface area contributed by atoms with Gasteiger partial charge in [-0.3, -0.25) is 0 Å². The van der Waals surface area contributed by atoms with Gasteiger partial charge in [0.05, 0.1) is 12.6 Å². The van der Waals surface area contributed by atoms with E-state index in [0.717, 1.165) is 11.3 Å². The highest BCUT2D eigenvalue weighted by atomic mass is 16.5. The molecule has 0 bridgehead atoms. The number of methoxy groups -OCH3 is 1. The summed E-state index contributed by atoms with van der Waals surface area (Å²) in [5.41, 5.74) is 3.75. The summed E-state index contributed by atoms with van der Waals surface area (Å²) < 4.78 is 5.28. The van der Waals surface area contributed by atoms with Crippen molar-refractivity contribution in [3.8, 4) is 5.75 Å². The van der Waals surface area contributed by atoms with E-state index in [1.165, 1.54) is 21.9 Å². The summed E-state index contributed by atoms with van der Waals surface area (Å²) >= 11 is 0. The van der Waals surface area contributed by atoms with Gasteiger partial charge in [-0.05, 0) is 23.6 Å². The molecule has 0 aliphatic heterocycles. The average Bonchev–Trinajstić information content (AvgIpc) is 2.75. The minimum Gasteiger partial charge on any atom is -0.497 e. The van der Waals surface area contributed by atoms with Crippen molar-refractivity contribution < 1.29 is 4.74 Å². The maximum Gasteiger partial charge on any atom is 0.120 e. The van der Waals surface area contributed by atoms with Crippen LogP contribution in [0.4, 0.5) is 0 Å². The molecule has 0 aliphatic rings. The highest BCUT2D eigenvalue weighted by Gasteiger charge is 2.10. The topological polar surface area (TPSA) is 25.0 Å². The normalized spacial score (nSPS) is 11.6. The fourth-order valence-corrected chi connectivity index (χ4v) is 2.54. The Labute approximate surface area is 107 Å². The molecule has 0 saturated carbocycles. The van der Waals surface area contributed by atoms with Gasteiger partial charge in [-0.2, -0.15) is 0 Å². The summed E-state index contributed by atoms with van der Waals surface area (Å²) in [6, 6.07) is 12.7. The molecular formula is C16H17NO. The van der Waals surface area contributed by atoms with Crippen LogP contribution in [0.3, 0.4) is 0 Å². The third kappa shape index (κ3) is 1.57. The van der Waals surface area contributed by atoms with Gasteiger partial charge >= 0.3 is 0 Å². The van der Waals surface area contributed by atoms with Crippen LogP contribution in [-0.4, -0.2) is 12.1 Å². The minimum atomic E-state index is 0.517. The first kappa shape index (κ1) is 11.1. The lowest BCUT2D eigenvalue weighted by Gasteiger charge is -2.06. The minimum absolute atomic E-state index is 0.517. The smallest absolute Gasteiger partial charge is 0.120 e. The summed E-state index contributed by atoms with van der Waals surface area (Å²) in [5.74, 6) is 1.41. The van der Waals surface area contributed by atoms with Gasteiger partial charge in [-0.1, -0.05) is 32.0 Å². The molecule has 1 N–H and O–H groups in total. The molecule has 0 unspecified atom stereocenters. The van der Waals surface area contributed by atoms with Gasteiger partial charge in [-0.25, -0.2) is 0 Å². The predicted molar refractivity (Wildman–Crippen MR) is 76.4 cm³/mol. The van der Waals surface area contributed by atoms with E-state index in [9.17, 15) is 0 Å². The number of rotatable bonds is 2. The second-order valence-corrected chi connectivity index (χ2v) is 4.96. The molecule has 1 aromatic heterocycles. The number of benzene rings is 2. The van der Waals surface area contributed by atoms with Crippen molar-refractivity contribution in [1.82, 2.24) is 4.98 Å². The van der Waals surface area contributed by atoms with Crippen LogP contribution in [0, 0.1) is 0 Å². The lowest BCUT2D eigenvalue weighted by molar-refractivity contribution is 0.415. The molecule has 0 radical (unpaired) electrons. The van der Waals surface area contributed by atoms with Crippen LogP contribution < -0.4 is 4.74 Å². The molecule has 92 valence electrons. The Morgan fingerprint density at radius 3 is 2.61 bits per heavy atom. The first-order valence-corrected chi connectivity index (χ1v) is 6.29. The second-order valence-electron chi connectivity index (χ2n) is 4.96. The number of hydrogen-bond acceptors (Lipinski definition) is 1. The van der Waals surface area contributed by atoms with Crippen LogP contribution in [0.5, 0.6) is 5.75 Å². The molecule has 1 heterocycles. The molecule has 0 atom stereocenters. The van der Waals surface area contributed by atoms with Crippen molar-refractivity contribution >= 4 is 21.8 Å². The molecule has 2 heteroatoms. The van der Waals surface area contributed by atoms with Crippen molar-refractivity contribution in [1.29, 1.82) is 0 Å². The largest absolute Gasteiger partial charge is 0.497 e. The highest BCUT2D eigenvalue weighted by molar-refractivity contribution is 6.08. The van der Waals surface area contributed by atoms with E-state index in [1.54, 1.807) is 7.11 Å². The van der Waals surface area contributed by atoms with E-state index < -0.39 is 0 Å². The van der Waals surface area contributed by atoms with E-state index in [2.05, 4.69) is 49.2 Å². The molecular weight excluding hydrogens is 222 g/mol. The summed E-state index contributed by atoms with van der Waals surface area (Å²) in [5, 5.41) is 2.55. The monoisotopic (exact) mass is 239 g/mol. The maximum absolute atomic E-state index is 5.28. The van der Waals surface area contributed by atoms with E-state index in [0.29, 0.717) is 5.92 Å². The summed E-state index contributed by atoms with van der Waals surface area (Å²) in [6.45, 7) is 4.45. The first-order valence-electron chi connectivity index (χ1n) is 6.29. The molecule has 0 aliphatic carbocycles. The lowest BCUT2D eigenvalue weighted by Crippen LogP contribution is -1.87. The van der Waals surface area contributed by atoms with Crippen molar-refractivity contribution in [2.45, 2.75) is 19.8 Å². The van der Waals surface area contributed by atoms with Crippen LogP contribution in [0.15, 0.2) is 36.4 Å². The van der Waals surface area contributed by atoms with E-state index >= 15 is 0 Å². The number of fused-ring (bicyclic) bond motifs is 3. The van der Waals surface area contributed by atoms with Crippen LogP contribution in [-0.2, 0) is 0 Å². The summed E-state index contributed by atoms with van der Waals surface area (Å²) in [7, 11) is 1.70. The molecule has 0 amide bonds. The number of aromatic amines is 1. The van der Waals surface area contributed by atoms with Crippen molar-refractivity contribution in [3.63, 3.8) is 0 Å². The van der Waals surface area contributed by atoms with E-state index in [1.807, 2.05) is 6.07 Å². The fraction of sp³-hybridized carbons (Fsp3) is 0.250. The van der Waals surface area contributed by atoms with E-state index in [4.69, 9.17) is 4.74 Å². The molecule has 3 rings (SSSR count). The number of nitrogens with one attached hydrogen (secondary N) is 1. The van der Waals surface area contributed by atoms with Crippen LogP contribution in [0.1, 0.15) is 25.3 Å². The number of aromatic nitrogens is 1. The van der Waals surface area contributed by atoms with Gasteiger partial charge in [-0.15, -0.1) is 0 Å². The van der Waals surface area contributed by atoms with Crippen LogP contribution >= 0.6 is 0 Å². The number of ether oxygens (including phenoxy) is 1. The Kier molecular flexibility index (Phi) is 2.51. The van der Waals surface area contributed by atoms with Crippen molar-refractivity contribution in [2.24, 2.45) is 0 Å². The Bertz CT molecular complexity index is 710. The van der Waals surface area contributed by atoms with Gasteiger partial charge in [0.2, 0.25) is 0 Å². The van der Waals surface area contributed by atoms with Crippen molar-refractivity contribution in [2.75, 3.05) is 7.11 Å². The highest BCUT2D eigenvalue weighted by Crippen LogP contribution is 2.32. The zero-order valence-electron chi connectivity index (χ0n) is 10.9. The lowest BCUT2D eigenvalue weighted by atomic mass is 10.00.